The first-order chi connectivity index (χ1) is 10.7. The third-order valence-corrected chi connectivity index (χ3v) is 7.17. The molecule has 0 aromatic heterocycles. The number of benzene rings is 1. The molecule has 1 fully saturated rings. The number of hydrogen-bond donors (Lipinski definition) is 2. The SMILES string of the molecule is CC1Sc2ccc(C(=O)NC3(C)CCS(=O)(=O)C3)cc2NC1=O. The zero-order valence-corrected chi connectivity index (χ0v) is 14.5. The fraction of sp³-hybridized carbons (Fsp3) is 0.467. The molecule has 1 aromatic rings. The van der Waals surface area contributed by atoms with Gasteiger partial charge in [-0.3, -0.25) is 9.59 Å². The summed E-state index contributed by atoms with van der Waals surface area (Å²) < 4.78 is 23.2. The van der Waals surface area contributed by atoms with E-state index in [1.807, 2.05) is 6.92 Å². The van der Waals surface area contributed by atoms with Gasteiger partial charge in [-0.15, -0.1) is 11.8 Å². The van der Waals surface area contributed by atoms with Crippen LogP contribution < -0.4 is 10.6 Å². The molecule has 2 aliphatic rings. The summed E-state index contributed by atoms with van der Waals surface area (Å²) in [7, 11) is -3.08. The molecular weight excluding hydrogens is 336 g/mol. The van der Waals surface area contributed by atoms with Crippen LogP contribution in [0.15, 0.2) is 23.1 Å². The van der Waals surface area contributed by atoms with Gasteiger partial charge in [0.1, 0.15) is 0 Å². The van der Waals surface area contributed by atoms with Gasteiger partial charge in [-0.05, 0) is 38.5 Å². The Morgan fingerprint density at radius 2 is 2.17 bits per heavy atom. The van der Waals surface area contributed by atoms with E-state index >= 15 is 0 Å². The van der Waals surface area contributed by atoms with Crippen LogP contribution >= 0.6 is 11.8 Å². The summed E-state index contributed by atoms with van der Waals surface area (Å²) in [6, 6.07) is 5.13. The number of sulfone groups is 1. The summed E-state index contributed by atoms with van der Waals surface area (Å²) in [6.07, 6.45) is 0.413. The molecule has 1 aromatic carbocycles. The van der Waals surface area contributed by atoms with Crippen LogP contribution in [0.1, 0.15) is 30.6 Å². The highest BCUT2D eigenvalue weighted by atomic mass is 32.2. The van der Waals surface area contributed by atoms with Crippen molar-refractivity contribution in [2.75, 3.05) is 16.8 Å². The predicted octanol–water partition coefficient (Wildman–Crippen LogP) is 1.43. The van der Waals surface area contributed by atoms with Gasteiger partial charge in [0, 0.05) is 10.5 Å². The van der Waals surface area contributed by atoms with Crippen molar-refractivity contribution >= 4 is 39.1 Å². The molecule has 2 N–H and O–H groups in total. The first-order valence-corrected chi connectivity index (χ1v) is 10.0. The van der Waals surface area contributed by atoms with Crippen LogP contribution in [0.25, 0.3) is 0 Å². The smallest absolute Gasteiger partial charge is 0.251 e. The number of nitrogens with one attached hydrogen (secondary N) is 2. The Bertz CT molecular complexity index is 791. The Balaban J connectivity index is 1.79. The topological polar surface area (TPSA) is 92.3 Å². The molecule has 2 atom stereocenters. The molecule has 124 valence electrons. The Kier molecular flexibility index (Phi) is 3.92. The van der Waals surface area contributed by atoms with Crippen molar-refractivity contribution in [3.8, 4) is 0 Å². The van der Waals surface area contributed by atoms with Crippen LogP contribution in [0.3, 0.4) is 0 Å². The molecule has 0 radical (unpaired) electrons. The number of hydrogen-bond acceptors (Lipinski definition) is 5. The Hall–Kier alpha value is -1.54. The first-order valence-electron chi connectivity index (χ1n) is 7.32. The number of carbonyl (C=O) groups excluding carboxylic acids is 2. The van der Waals surface area contributed by atoms with Gasteiger partial charge in [-0.1, -0.05) is 0 Å². The maximum Gasteiger partial charge on any atom is 0.251 e. The lowest BCUT2D eigenvalue weighted by molar-refractivity contribution is -0.115. The van der Waals surface area contributed by atoms with E-state index in [4.69, 9.17) is 0 Å². The average molecular weight is 354 g/mol. The van der Waals surface area contributed by atoms with Gasteiger partial charge >= 0.3 is 0 Å². The number of thioether (sulfide) groups is 1. The van der Waals surface area contributed by atoms with Gasteiger partial charge < -0.3 is 10.6 Å². The van der Waals surface area contributed by atoms with E-state index in [9.17, 15) is 18.0 Å². The molecule has 23 heavy (non-hydrogen) atoms. The van der Waals surface area contributed by atoms with Crippen molar-refractivity contribution in [3.63, 3.8) is 0 Å². The molecule has 0 bridgehead atoms. The van der Waals surface area contributed by atoms with Gasteiger partial charge in [0.2, 0.25) is 5.91 Å². The van der Waals surface area contributed by atoms with Crippen molar-refractivity contribution < 1.29 is 18.0 Å². The predicted molar refractivity (Wildman–Crippen MR) is 89.5 cm³/mol. The standard InChI is InChI=1S/C15H18N2O4S2/c1-9-13(18)16-11-7-10(3-4-12(11)22-9)14(19)17-15(2)5-6-23(20,21)8-15/h3-4,7,9H,5-6,8H2,1-2H3,(H,16,18)(H,17,19). The minimum absolute atomic E-state index is 0.0409. The van der Waals surface area contributed by atoms with Crippen LogP contribution in [-0.2, 0) is 14.6 Å². The lowest BCUT2D eigenvalue weighted by atomic mass is 10.0. The Morgan fingerprint density at radius 3 is 2.83 bits per heavy atom. The summed E-state index contributed by atoms with van der Waals surface area (Å²) in [5, 5.41) is 5.44. The summed E-state index contributed by atoms with van der Waals surface area (Å²) >= 11 is 1.45. The van der Waals surface area contributed by atoms with Crippen molar-refractivity contribution in [3.05, 3.63) is 23.8 Å². The number of rotatable bonds is 2. The highest BCUT2D eigenvalue weighted by molar-refractivity contribution is 8.01. The van der Waals surface area contributed by atoms with E-state index < -0.39 is 15.4 Å². The normalized spacial score (nSPS) is 28.8. The molecular formula is C15H18N2O4S2. The minimum atomic E-state index is -3.08. The molecule has 0 aliphatic carbocycles. The third-order valence-electron chi connectivity index (χ3n) is 4.09. The van der Waals surface area contributed by atoms with Crippen LogP contribution in [0.4, 0.5) is 5.69 Å². The quantitative estimate of drug-likeness (QED) is 0.838. The van der Waals surface area contributed by atoms with E-state index in [0.29, 0.717) is 17.7 Å². The lowest BCUT2D eigenvalue weighted by Crippen LogP contribution is -2.46. The van der Waals surface area contributed by atoms with Crippen molar-refractivity contribution in [1.82, 2.24) is 5.32 Å². The second kappa shape index (κ2) is 5.52. The van der Waals surface area contributed by atoms with Crippen LogP contribution in [0.5, 0.6) is 0 Å². The number of amides is 2. The molecule has 2 unspecified atom stereocenters. The van der Waals surface area contributed by atoms with Gasteiger partial charge in [0.15, 0.2) is 9.84 Å². The zero-order chi connectivity index (χ0) is 16.8. The highest BCUT2D eigenvalue weighted by Gasteiger charge is 2.39. The molecule has 2 aliphatic heterocycles. The van der Waals surface area contributed by atoms with Crippen LogP contribution in [0, 0.1) is 0 Å². The number of carbonyl (C=O) groups is 2. The van der Waals surface area contributed by atoms with Gasteiger partial charge in [-0.25, -0.2) is 8.42 Å². The number of fused-ring (bicyclic) bond motifs is 1. The van der Waals surface area contributed by atoms with E-state index in [0.717, 1.165) is 4.90 Å². The lowest BCUT2D eigenvalue weighted by Gasteiger charge is -2.25. The molecule has 2 amide bonds. The monoisotopic (exact) mass is 354 g/mol. The maximum atomic E-state index is 12.4. The summed E-state index contributed by atoms with van der Waals surface area (Å²) in [5.41, 5.74) is 0.290. The van der Waals surface area contributed by atoms with E-state index in [1.54, 1.807) is 25.1 Å². The van der Waals surface area contributed by atoms with E-state index in [1.165, 1.54) is 11.8 Å². The van der Waals surface area contributed by atoms with E-state index in [-0.39, 0.29) is 28.6 Å². The first kappa shape index (κ1) is 16.3. The zero-order valence-electron chi connectivity index (χ0n) is 12.9. The number of anilines is 1. The fourth-order valence-electron chi connectivity index (χ4n) is 2.81. The maximum absolute atomic E-state index is 12.4. The van der Waals surface area contributed by atoms with Crippen LogP contribution in [-0.4, -0.2) is 42.5 Å². The molecule has 2 heterocycles. The van der Waals surface area contributed by atoms with Gasteiger partial charge in [-0.2, -0.15) is 0 Å². The van der Waals surface area contributed by atoms with Crippen molar-refractivity contribution in [1.29, 1.82) is 0 Å². The molecule has 0 saturated carbocycles. The van der Waals surface area contributed by atoms with Gasteiger partial charge in [0.05, 0.1) is 28.0 Å². The summed E-state index contributed by atoms with van der Waals surface area (Å²) in [6.45, 7) is 3.57. The average Bonchev–Trinajstić information content (AvgIpc) is 2.73. The van der Waals surface area contributed by atoms with E-state index in [2.05, 4.69) is 10.6 Å². The molecule has 1 saturated heterocycles. The molecule has 0 spiro atoms. The fourth-order valence-corrected chi connectivity index (χ4v) is 5.83. The summed E-state index contributed by atoms with van der Waals surface area (Å²) in [5.74, 6) is -0.363. The Morgan fingerprint density at radius 1 is 1.43 bits per heavy atom. The largest absolute Gasteiger partial charge is 0.346 e. The molecule has 6 nitrogen and oxygen atoms in total. The Labute approximate surface area is 139 Å². The second-order valence-corrected chi connectivity index (χ2v) is 9.88. The highest BCUT2D eigenvalue weighted by Crippen LogP contribution is 2.36. The van der Waals surface area contributed by atoms with Crippen molar-refractivity contribution in [2.24, 2.45) is 0 Å². The second-order valence-electron chi connectivity index (χ2n) is 6.32. The summed E-state index contributed by atoms with van der Waals surface area (Å²) in [4.78, 5) is 25.1. The molecule has 8 heteroatoms. The van der Waals surface area contributed by atoms with Gasteiger partial charge in [0.25, 0.3) is 5.91 Å². The van der Waals surface area contributed by atoms with Crippen molar-refractivity contribution in [2.45, 2.75) is 36.0 Å². The third kappa shape index (κ3) is 3.37. The minimum Gasteiger partial charge on any atom is -0.346 e. The molecule has 3 rings (SSSR count). The van der Waals surface area contributed by atoms with Crippen LogP contribution in [0.2, 0.25) is 0 Å².